The van der Waals surface area contributed by atoms with Gasteiger partial charge in [0.05, 0.1) is 12.7 Å². The van der Waals surface area contributed by atoms with Crippen LogP contribution in [0.2, 0.25) is 0 Å². The number of benzene rings is 1. The zero-order valence-corrected chi connectivity index (χ0v) is 10.4. The first-order valence-corrected chi connectivity index (χ1v) is 6.04. The Hall–Kier alpha value is -1.02. The minimum absolute atomic E-state index is 0.349. The molecule has 1 rings (SSSR count). The number of ether oxygens (including phenoxy) is 1. The van der Waals surface area contributed by atoms with Crippen LogP contribution in [0.5, 0.6) is 5.75 Å². The summed E-state index contributed by atoms with van der Waals surface area (Å²) in [6, 6.07) is 7.71. The van der Waals surface area contributed by atoms with Gasteiger partial charge in [0.25, 0.3) is 0 Å². The standard InChI is InChI=1S/C14H22O2/c1-4-16-13-8-6-12(7-9-13)14(15)10-5-11(2)3/h6-9,11,14-15H,4-5,10H2,1-3H3. The minimum Gasteiger partial charge on any atom is -0.494 e. The van der Waals surface area contributed by atoms with Gasteiger partial charge in [0, 0.05) is 0 Å². The predicted molar refractivity (Wildman–Crippen MR) is 66.6 cm³/mol. The summed E-state index contributed by atoms with van der Waals surface area (Å²) in [5, 5.41) is 9.95. The fraction of sp³-hybridized carbons (Fsp3) is 0.571. The topological polar surface area (TPSA) is 29.5 Å². The molecular weight excluding hydrogens is 200 g/mol. The van der Waals surface area contributed by atoms with E-state index < -0.39 is 0 Å². The lowest BCUT2D eigenvalue weighted by molar-refractivity contribution is 0.159. The van der Waals surface area contributed by atoms with E-state index in [0.717, 1.165) is 24.2 Å². The van der Waals surface area contributed by atoms with Crippen molar-refractivity contribution in [2.45, 2.75) is 39.7 Å². The molecule has 0 bridgehead atoms. The second kappa shape index (κ2) is 6.54. The molecule has 1 unspecified atom stereocenters. The third kappa shape index (κ3) is 4.23. The van der Waals surface area contributed by atoms with Crippen LogP contribution in [0.1, 0.15) is 45.3 Å². The number of hydrogen-bond donors (Lipinski definition) is 1. The third-order valence-corrected chi connectivity index (χ3v) is 2.59. The average molecular weight is 222 g/mol. The molecule has 0 saturated heterocycles. The molecule has 0 heterocycles. The molecule has 2 heteroatoms. The van der Waals surface area contributed by atoms with E-state index in [0.29, 0.717) is 12.5 Å². The Kier molecular flexibility index (Phi) is 5.33. The summed E-state index contributed by atoms with van der Waals surface area (Å²) in [4.78, 5) is 0. The lowest BCUT2D eigenvalue weighted by Crippen LogP contribution is -2.00. The Morgan fingerprint density at radius 1 is 1.12 bits per heavy atom. The Bertz CT molecular complexity index is 290. The zero-order chi connectivity index (χ0) is 12.0. The maximum atomic E-state index is 9.95. The number of rotatable bonds is 6. The van der Waals surface area contributed by atoms with Crippen molar-refractivity contribution in [2.75, 3.05) is 6.61 Å². The van der Waals surface area contributed by atoms with Crippen LogP contribution in [-0.4, -0.2) is 11.7 Å². The fourth-order valence-corrected chi connectivity index (χ4v) is 1.61. The first-order chi connectivity index (χ1) is 7.63. The van der Waals surface area contributed by atoms with Crippen LogP contribution in [0.15, 0.2) is 24.3 Å². The van der Waals surface area contributed by atoms with Crippen molar-refractivity contribution in [2.24, 2.45) is 5.92 Å². The predicted octanol–water partition coefficient (Wildman–Crippen LogP) is 3.55. The molecule has 2 nitrogen and oxygen atoms in total. The summed E-state index contributed by atoms with van der Waals surface area (Å²) in [5.74, 6) is 1.50. The highest BCUT2D eigenvalue weighted by Crippen LogP contribution is 2.22. The molecule has 0 amide bonds. The van der Waals surface area contributed by atoms with Crippen molar-refractivity contribution in [3.8, 4) is 5.75 Å². The molecule has 0 aliphatic carbocycles. The minimum atomic E-state index is -0.349. The van der Waals surface area contributed by atoms with E-state index in [1.807, 2.05) is 31.2 Å². The Morgan fingerprint density at radius 2 is 1.75 bits per heavy atom. The molecule has 0 saturated carbocycles. The first kappa shape index (κ1) is 13.0. The molecule has 0 spiro atoms. The van der Waals surface area contributed by atoms with Crippen LogP contribution in [0.25, 0.3) is 0 Å². The second-order valence-electron chi connectivity index (χ2n) is 4.49. The van der Waals surface area contributed by atoms with Gasteiger partial charge in [-0.2, -0.15) is 0 Å². The van der Waals surface area contributed by atoms with E-state index in [-0.39, 0.29) is 6.10 Å². The molecular formula is C14H22O2. The fourth-order valence-electron chi connectivity index (χ4n) is 1.61. The van der Waals surface area contributed by atoms with Gasteiger partial charge in [0.2, 0.25) is 0 Å². The molecule has 0 radical (unpaired) electrons. The summed E-state index contributed by atoms with van der Waals surface area (Å²) >= 11 is 0. The van der Waals surface area contributed by atoms with E-state index in [2.05, 4.69) is 13.8 Å². The van der Waals surface area contributed by atoms with Crippen LogP contribution in [-0.2, 0) is 0 Å². The lowest BCUT2D eigenvalue weighted by atomic mass is 10.00. The highest BCUT2D eigenvalue weighted by molar-refractivity contribution is 5.28. The van der Waals surface area contributed by atoms with Gasteiger partial charge >= 0.3 is 0 Å². The van der Waals surface area contributed by atoms with E-state index in [9.17, 15) is 5.11 Å². The van der Waals surface area contributed by atoms with Crippen molar-refractivity contribution >= 4 is 0 Å². The van der Waals surface area contributed by atoms with Gasteiger partial charge in [0.15, 0.2) is 0 Å². The van der Waals surface area contributed by atoms with Crippen LogP contribution < -0.4 is 4.74 Å². The largest absolute Gasteiger partial charge is 0.494 e. The van der Waals surface area contributed by atoms with Crippen molar-refractivity contribution in [1.82, 2.24) is 0 Å². The molecule has 0 aromatic heterocycles. The van der Waals surface area contributed by atoms with E-state index in [1.165, 1.54) is 0 Å². The van der Waals surface area contributed by atoms with Gasteiger partial charge in [-0.1, -0.05) is 26.0 Å². The van der Waals surface area contributed by atoms with E-state index >= 15 is 0 Å². The van der Waals surface area contributed by atoms with Crippen LogP contribution in [0.3, 0.4) is 0 Å². The summed E-state index contributed by atoms with van der Waals surface area (Å²) in [6.45, 7) is 6.98. The van der Waals surface area contributed by atoms with Gasteiger partial charge in [-0.3, -0.25) is 0 Å². The summed E-state index contributed by atoms with van der Waals surface area (Å²) in [6.07, 6.45) is 1.53. The van der Waals surface area contributed by atoms with Gasteiger partial charge < -0.3 is 9.84 Å². The van der Waals surface area contributed by atoms with Gasteiger partial charge in [-0.15, -0.1) is 0 Å². The van der Waals surface area contributed by atoms with E-state index in [4.69, 9.17) is 4.74 Å². The maximum absolute atomic E-state index is 9.95. The monoisotopic (exact) mass is 222 g/mol. The SMILES string of the molecule is CCOc1ccc(C(O)CCC(C)C)cc1. The Balaban J connectivity index is 2.52. The summed E-state index contributed by atoms with van der Waals surface area (Å²) < 4.78 is 5.36. The van der Waals surface area contributed by atoms with Crippen molar-refractivity contribution in [1.29, 1.82) is 0 Å². The lowest BCUT2D eigenvalue weighted by Gasteiger charge is -2.13. The van der Waals surface area contributed by atoms with Gasteiger partial charge in [0.1, 0.15) is 5.75 Å². The zero-order valence-electron chi connectivity index (χ0n) is 10.4. The Labute approximate surface area is 98.3 Å². The molecule has 0 fully saturated rings. The third-order valence-electron chi connectivity index (χ3n) is 2.59. The maximum Gasteiger partial charge on any atom is 0.119 e. The molecule has 1 aromatic carbocycles. The Morgan fingerprint density at radius 3 is 2.25 bits per heavy atom. The smallest absolute Gasteiger partial charge is 0.119 e. The van der Waals surface area contributed by atoms with Crippen LogP contribution >= 0.6 is 0 Å². The highest BCUT2D eigenvalue weighted by atomic mass is 16.5. The molecule has 1 N–H and O–H groups in total. The molecule has 90 valence electrons. The molecule has 1 aromatic rings. The van der Waals surface area contributed by atoms with Crippen LogP contribution in [0.4, 0.5) is 0 Å². The normalized spacial score (nSPS) is 12.8. The van der Waals surface area contributed by atoms with E-state index in [1.54, 1.807) is 0 Å². The molecule has 0 aliphatic rings. The van der Waals surface area contributed by atoms with Gasteiger partial charge in [-0.25, -0.2) is 0 Å². The number of hydrogen-bond acceptors (Lipinski definition) is 2. The van der Waals surface area contributed by atoms with Crippen molar-refractivity contribution in [3.63, 3.8) is 0 Å². The first-order valence-electron chi connectivity index (χ1n) is 6.04. The molecule has 0 aliphatic heterocycles. The van der Waals surface area contributed by atoms with Crippen molar-refractivity contribution in [3.05, 3.63) is 29.8 Å². The molecule has 1 atom stereocenters. The van der Waals surface area contributed by atoms with Crippen molar-refractivity contribution < 1.29 is 9.84 Å². The van der Waals surface area contributed by atoms with Gasteiger partial charge in [-0.05, 0) is 43.4 Å². The average Bonchev–Trinajstić information content (AvgIpc) is 2.27. The quantitative estimate of drug-likeness (QED) is 0.797. The highest BCUT2D eigenvalue weighted by Gasteiger charge is 2.08. The number of aliphatic hydroxyl groups is 1. The summed E-state index contributed by atoms with van der Waals surface area (Å²) in [5.41, 5.74) is 0.976. The second-order valence-corrected chi connectivity index (χ2v) is 4.49. The van der Waals surface area contributed by atoms with Crippen LogP contribution in [0, 0.1) is 5.92 Å². The molecule has 16 heavy (non-hydrogen) atoms. The summed E-state index contributed by atoms with van der Waals surface area (Å²) in [7, 11) is 0. The number of aliphatic hydroxyl groups excluding tert-OH is 1.